The molecule has 0 amide bonds. The molecule has 6 heteroatoms. The van der Waals surface area contributed by atoms with Crippen LogP contribution in [-0.4, -0.2) is 27.2 Å². The summed E-state index contributed by atoms with van der Waals surface area (Å²) in [5.41, 5.74) is 1.05. The summed E-state index contributed by atoms with van der Waals surface area (Å²) in [4.78, 5) is 0.147. The average molecular weight is 298 g/mol. The summed E-state index contributed by atoms with van der Waals surface area (Å²) in [5.74, 6) is 0. The Balaban J connectivity index is 1.89. The number of hydrogen-bond donors (Lipinski definition) is 2. The standard InChI is InChI=1S/C14H22N2O3S/c1-3-19-13-8-12(9-13)16-10(2)11-4-6-14(7-5-11)20(15,17)18/h4-7,10,12-13,16H,3,8-9H2,1-2H3,(H2,15,17,18). The van der Waals surface area contributed by atoms with Crippen LogP contribution < -0.4 is 10.5 Å². The van der Waals surface area contributed by atoms with Gasteiger partial charge in [0.05, 0.1) is 11.0 Å². The van der Waals surface area contributed by atoms with Crippen LogP contribution in [0.5, 0.6) is 0 Å². The molecule has 1 fully saturated rings. The van der Waals surface area contributed by atoms with E-state index in [1.807, 2.05) is 6.92 Å². The minimum atomic E-state index is -3.61. The van der Waals surface area contributed by atoms with Crippen molar-refractivity contribution in [3.05, 3.63) is 29.8 Å². The van der Waals surface area contributed by atoms with E-state index in [4.69, 9.17) is 9.88 Å². The first-order valence-electron chi connectivity index (χ1n) is 6.90. The van der Waals surface area contributed by atoms with Crippen LogP contribution in [0.2, 0.25) is 0 Å². The molecular weight excluding hydrogens is 276 g/mol. The van der Waals surface area contributed by atoms with E-state index in [2.05, 4.69) is 12.2 Å². The minimum absolute atomic E-state index is 0.147. The molecule has 1 aromatic carbocycles. The largest absolute Gasteiger partial charge is 0.378 e. The molecule has 0 spiro atoms. The third kappa shape index (κ3) is 3.79. The van der Waals surface area contributed by atoms with Crippen molar-refractivity contribution in [2.45, 2.75) is 49.8 Å². The minimum Gasteiger partial charge on any atom is -0.378 e. The van der Waals surface area contributed by atoms with Crippen molar-refractivity contribution in [1.82, 2.24) is 5.32 Å². The SMILES string of the molecule is CCOC1CC(NC(C)c2ccc(S(N)(=O)=O)cc2)C1. The summed E-state index contributed by atoms with van der Waals surface area (Å²) in [6.07, 6.45) is 2.45. The number of benzene rings is 1. The lowest BCUT2D eigenvalue weighted by Crippen LogP contribution is -2.46. The van der Waals surface area contributed by atoms with Gasteiger partial charge < -0.3 is 10.1 Å². The van der Waals surface area contributed by atoms with Crippen molar-refractivity contribution in [2.24, 2.45) is 5.14 Å². The Kier molecular flexibility index (Phi) is 4.80. The smallest absolute Gasteiger partial charge is 0.238 e. The van der Waals surface area contributed by atoms with Crippen LogP contribution in [0, 0.1) is 0 Å². The van der Waals surface area contributed by atoms with Crippen molar-refractivity contribution >= 4 is 10.0 Å². The maximum Gasteiger partial charge on any atom is 0.238 e. The number of nitrogens with one attached hydrogen (secondary N) is 1. The zero-order valence-electron chi connectivity index (χ0n) is 11.9. The summed E-state index contributed by atoms with van der Waals surface area (Å²) in [6.45, 7) is 4.85. The zero-order valence-corrected chi connectivity index (χ0v) is 12.7. The molecule has 0 heterocycles. The van der Waals surface area contributed by atoms with E-state index in [0.717, 1.165) is 25.0 Å². The Labute approximate surface area is 120 Å². The quantitative estimate of drug-likeness (QED) is 0.835. The topological polar surface area (TPSA) is 81.4 Å². The second-order valence-corrected chi connectivity index (χ2v) is 6.81. The molecule has 5 nitrogen and oxygen atoms in total. The van der Waals surface area contributed by atoms with Crippen LogP contribution in [0.3, 0.4) is 0 Å². The van der Waals surface area contributed by atoms with Gasteiger partial charge >= 0.3 is 0 Å². The fraction of sp³-hybridized carbons (Fsp3) is 0.571. The van der Waals surface area contributed by atoms with Crippen LogP contribution in [0.1, 0.15) is 38.3 Å². The summed E-state index contributed by atoms with van der Waals surface area (Å²) < 4.78 is 27.9. The molecule has 1 aromatic rings. The zero-order chi connectivity index (χ0) is 14.8. The van der Waals surface area contributed by atoms with Gasteiger partial charge in [0, 0.05) is 18.7 Å². The van der Waals surface area contributed by atoms with Crippen molar-refractivity contribution in [3.8, 4) is 0 Å². The van der Waals surface area contributed by atoms with Gasteiger partial charge in [0.1, 0.15) is 0 Å². The van der Waals surface area contributed by atoms with Crippen LogP contribution in [0.4, 0.5) is 0 Å². The number of primary sulfonamides is 1. The summed E-state index contributed by atoms with van der Waals surface area (Å²) in [7, 11) is -3.61. The fourth-order valence-electron chi connectivity index (χ4n) is 2.47. The van der Waals surface area contributed by atoms with Crippen LogP contribution in [-0.2, 0) is 14.8 Å². The number of nitrogens with two attached hydrogens (primary N) is 1. The maximum atomic E-state index is 11.2. The summed E-state index contributed by atoms with van der Waals surface area (Å²) in [6, 6.07) is 7.35. The molecular formula is C14H22N2O3S. The van der Waals surface area contributed by atoms with Gasteiger partial charge in [-0.3, -0.25) is 0 Å². The molecule has 0 saturated heterocycles. The van der Waals surface area contributed by atoms with E-state index in [0.29, 0.717) is 12.1 Å². The first-order valence-corrected chi connectivity index (χ1v) is 8.45. The lowest BCUT2D eigenvalue weighted by Gasteiger charge is -2.37. The average Bonchev–Trinajstić information content (AvgIpc) is 2.35. The van der Waals surface area contributed by atoms with Crippen LogP contribution in [0.25, 0.3) is 0 Å². The Morgan fingerprint density at radius 1 is 1.35 bits per heavy atom. The lowest BCUT2D eigenvalue weighted by molar-refractivity contribution is -0.0120. The highest BCUT2D eigenvalue weighted by Gasteiger charge is 2.30. The Hall–Kier alpha value is -0.950. The molecule has 0 aromatic heterocycles. The molecule has 20 heavy (non-hydrogen) atoms. The highest BCUT2D eigenvalue weighted by atomic mass is 32.2. The molecule has 3 N–H and O–H groups in total. The highest BCUT2D eigenvalue weighted by molar-refractivity contribution is 7.89. The van der Waals surface area contributed by atoms with Gasteiger partial charge in [0.2, 0.25) is 10.0 Å². The fourth-order valence-corrected chi connectivity index (χ4v) is 2.98. The van der Waals surface area contributed by atoms with Crippen LogP contribution in [0.15, 0.2) is 29.2 Å². The van der Waals surface area contributed by atoms with E-state index in [1.165, 1.54) is 0 Å². The van der Waals surface area contributed by atoms with Gasteiger partial charge in [-0.1, -0.05) is 12.1 Å². The molecule has 0 aliphatic heterocycles. The van der Waals surface area contributed by atoms with E-state index >= 15 is 0 Å². The first kappa shape index (κ1) is 15.4. The third-order valence-electron chi connectivity index (χ3n) is 3.69. The van der Waals surface area contributed by atoms with Crippen molar-refractivity contribution < 1.29 is 13.2 Å². The number of sulfonamides is 1. The Bertz CT molecular complexity index is 536. The lowest BCUT2D eigenvalue weighted by atomic mass is 9.88. The second-order valence-electron chi connectivity index (χ2n) is 5.25. The first-order chi connectivity index (χ1) is 9.40. The molecule has 0 bridgehead atoms. The molecule has 1 unspecified atom stereocenters. The van der Waals surface area contributed by atoms with Crippen molar-refractivity contribution in [1.29, 1.82) is 0 Å². The van der Waals surface area contributed by atoms with E-state index in [-0.39, 0.29) is 10.9 Å². The van der Waals surface area contributed by atoms with E-state index in [1.54, 1.807) is 24.3 Å². The van der Waals surface area contributed by atoms with Gasteiger partial charge in [-0.15, -0.1) is 0 Å². The molecule has 1 aliphatic rings. The molecule has 0 radical (unpaired) electrons. The molecule has 1 atom stereocenters. The van der Waals surface area contributed by atoms with Crippen molar-refractivity contribution in [3.63, 3.8) is 0 Å². The molecule has 112 valence electrons. The number of rotatable bonds is 6. The maximum absolute atomic E-state index is 11.2. The second kappa shape index (κ2) is 6.22. The van der Waals surface area contributed by atoms with E-state index < -0.39 is 10.0 Å². The number of ether oxygens (including phenoxy) is 1. The normalized spacial score (nSPS) is 24.1. The molecule has 1 aliphatic carbocycles. The number of hydrogen-bond acceptors (Lipinski definition) is 4. The van der Waals surface area contributed by atoms with Gasteiger partial charge in [-0.05, 0) is 44.4 Å². The summed E-state index contributed by atoms with van der Waals surface area (Å²) >= 11 is 0. The van der Waals surface area contributed by atoms with Crippen molar-refractivity contribution in [2.75, 3.05) is 6.61 Å². The van der Waals surface area contributed by atoms with E-state index in [9.17, 15) is 8.42 Å². The monoisotopic (exact) mass is 298 g/mol. The van der Waals surface area contributed by atoms with Gasteiger partial charge in [-0.2, -0.15) is 0 Å². The van der Waals surface area contributed by atoms with Gasteiger partial charge in [0.25, 0.3) is 0 Å². The highest BCUT2D eigenvalue weighted by Crippen LogP contribution is 2.26. The molecule has 1 saturated carbocycles. The predicted molar refractivity (Wildman–Crippen MR) is 77.8 cm³/mol. The predicted octanol–water partition coefficient (Wildman–Crippen LogP) is 1.55. The Morgan fingerprint density at radius 3 is 2.45 bits per heavy atom. The van der Waals surface area contributed by atoms with Gasteiger partial charge in [-0.25, -0.2) is 13.6 Å². The molecule has 2 rings (SSSR count). The summed E-state index contributed by atoms with van der Waals surface area (Å²) in [5, 5.41) is 8.60. The third-order valence-corrected chi connectivity index (χ3v) is 4.62. The Morgan fingerprint density at radius 2 is 1.95 bits per heavy atom. The van der Waals surface area contributed by atoms with Crippen LogP contribution >= 0.6 is 0 Å². The van der Waals surface area contributed by atoms with Gasteiger partial charge in [0.15, 0.2) is 0 Å².